The second-order valence-electron chi connectivity index (χ2n) is 5.90. The lowest BCUT2D eigenvalue weighted by atomic mass is 10.2. The highest BCUT2D eigenvalue weighted by atomic mass is 79.9. The van der Waals surface area contributed by atoms with E-state index < -0.39 is 5.97 Å². The molecule has 0 spiro atoms. The van der Waals surface area contributed by atoms with Gasteiger partial charge in [-0.3, -0.25) is 9.59 Å². The molecule has 26 heavy (non-hydrogen) atoms. The van der Waals surface area contributed by atoms with Gasteiger partial charge in [0.15, 0.2) is 0 Å². The molecule has 0 aliphatic carbocycles. The molecule has 0 N–H and O–H groups in total. The summed E-state index contributed by atoms with van der Waals surface area (Å²) in [4.78, 5) is 26.1. The molecule has 2 aromatic rings. The quantitative estimate of drug-likeness (QED) is 0.643. The fourth-order valence-electron chi connectivity index (χ4n) is 2.84. The zero-order valence-corrected chi connectivity index (χ0v) is 17.0. The number of methoxy groups -OCH3 is 2. The molecule has 1 aromatic carbocycles. The number of ether oxygens (including phenoxy) is 2. The van der Waals surface area contributed by atoms with Gasteiger partial charge < -0.3 is 18.9 Å². The molecular formula is C19H23BrN2O4. The molecule has 1 aromatic heterocycles. The van der Waals surface area contributed by atoms with Crippen LogP contribution in [0.4, 0.5) is 0 Å². The Bertz CT molecular complexity index is 801. The van der Waals surface area contributed by atoms with Crippen LogP contribution in [-0.4, -0.2) is 55.3 Å². The number of amides is 1. The van der Waals surface area contributed by atoms with E-state index >= 15 is 0 Å². The summed E-state index contributed by atoms with van der Waals surface area (Å²) in [5, 5.41) is 0. The Morgan fingerprint density at radius 3 is 2.54 bits per heavy atom. The van der Waals surface area contributed by atoms with Crippen molar-refractivity contribution in [3.8, 4) is 5.69 Å². The van der Waals surface area contributed by atoms with E-state index in [1.807, 2.05) is 48.7 Å². The number of halogens is 1. The smallest absolute Gasteiger partial charge is 0.325 e. The van der Waals surface area contributed by atoms with Crippen LogP contribution in [0.2, 0.25) is 0 Å². The van der Waals surface area contributed by atoms with Crippen molar-refractivity contribution in [1.82, 2.24) is 9.47 Å². The van der Waals surface area contributed by atoms with Gasteiger partial charge in [-0.1, -0.05) is 22.0 Å². The largest absolute Gasteiger partial charge is 0.468 e. The van der Waals surface area contributed by atoms with Crippen LogP contribution in [0.1, 0.15) is 21.7 Å². The van der Waals surface area contributed by atoms with Crippen LogP contribution in [0.3, 0.4) is 0 Å². The lowest BCUT2D eigenvalue weighted by Crippen LogP contribution is -2.38. The first-order valence-corrected chi connectivity index (χ1v) is 8.98. The Kier molecular flexibility index (Phi) is 6.99. The zero-order valence-electron chi connectivity index (χ0n) is 15.4. The first-order chi connectivity index (χ1) is 12.4. The minimum absolute atomic E-state index is 0.112. The van der Waals surface area contributed by atoms with E-state index in [2.05, 4.69) is 15.9 Å². The first-order valence-electron chi connectivity index (χ1n) is 8.19. The Morgan fingerprint density at radius 1 is 1.19 bits per heavy atom. The number of aromatic nitrogens is 1. The molecule has 0 radical (unpaired) electrons. The van der Waals surface area contributed by atoms with E-state index in [9.17, 15) is 9.59 Å². The van der Waals surface area contributed by atoms with Crippen LogP contribution in [0.15, 0.2) is 34.8 Å². The summed E-state index contributed by atoms with van der Waals surface area (Å²) in [6.07, 6.45) is 0. The van der Waals surface area contributed by atoms with Gasteiger partial charge in [0.05, 0.1) is 19.3 Å². The van der Waals surface area contributed by atoms with Gasteiger partial charge in [0.25, 0.3) is 5.91 Å². The number of aryl methyl sites for hydroxylation is 1. The molecule has 0 atom stereocenters. The van der Waals surface area contributed by atoms with Crippen molar-refractivity contribution in [2.45, 2.75) is 13.8 Å². The first kappa shape index (κ1) is 20.2. The maximum Gasteiger partial charge on any atom is 0.325 e. The van der Waals surface area contributed by atoms with Crippen molar-refractivity contribution >= 4 is 27.8 Å². The Hall–Kier alpha value is -2.12. The van der Waals surface area contributed by atoms with Crippen LogP contribution in [0.25, 0.3) is 5.69 Å². The second-order valence-corrected chi connectivity index (χ2v) is 6.81. The summed E-state index contributed by atoms with van der Waals surface area (Å²) in [5.41, 5.74) is 3.28. The van der Waals surface area contributed by atoms with E-state index in [4.69, 9.17) is 9.47 Å². The summed E-state index contributed by atoms with van der Waals surface area (Å²) < 4.78 is 12.7. The molecule has 0 aliphatic rings. The highest BCUT2D eigenvalue weighted by Crippen LogP contribution is 2.24. The van der Waals surface area contributed by atoms with Gasteiger partial charge in [0.2, 0.25) is 0 Å². The second kappa shape index (κ2) is 9.00. The minimum atomic E-state index is -0.463. The maximum absolute atomic E-state index is 13.0. The van der Waals surface area contributed by atoms with Crippen molar-refractivity contribution in [1.29, 1.82) is 0 Å². The van der Waals surface area contributed by atoms with Gasteiger partial charge in [-0.15, -0.1) is 0 Å². The normalized spacial score (nSPS) is 10.7. The van der Waals surface area contributed by atoms with Crippen LogP contribution < -0.4 is 0 Å². The molecule has 1 heterocycles. The van der Waals surface area contributed by atoms with Gasteiger partial charge in [-0.2, -0.15) is 0 Å². The summed E-state index contributed by atoms with van der Waals surface area (Å²) in [6, 6.07) is 9.71. The predicted molar refractivity (Wildman–Crippen MR) is 103 cm³/mol. The third kappa shape index (κ3) is 4.53. The molecule has 0 aliphatic heterocycles. The molecule has 0 fully saturated rings. The number of hydrogen-bond acceptors (Lipinski definition) is 4. The van der Waals surface area contributed by atoms with Crippen LogP contribution in [-0.2, 0) is 14.3 Å². The molecule has 7 heteroatoms. The molecule has 6 nitrogen and oxygen atoms in total. The van der Waals surface area contributed by atoms with Gasteiger partial charge in [0, 0.05) is 35.2 Å². The van der Waals surface area contributed by atoms with Crippen molar-refractivity contribution in [3.05, 3.63) is 51.8 Å². The summed E-state index contributed by atoms with van der Waals surface area (Å²) in [6.45, 7) is 4.38. The lowest BCUT2D eigenvalue weighted by molar-refractivity contribution is -0.141. The number of nitrogens with zero attached hydrogens (tertiary/aromatic N) is 2. The number of carbonyl (C=O) groups is 2. The number of benzene rings is 1. The predicted octanol–water partition coefficient (Wildman–Crippen LogP) is 3.12. The molecule has 140 valence electrons. The average Bonchev–Trinajstić information content (AvgIpc) is 2.92. The van der Waals surface area contributed by atoms with Crippen molar-refractivity contribution < 1.29 is 19.1 Å². The number of rotatable bonds is 7. The fraction of sp³-hybridized carbons (Fsp3) is 0.368. The Morgan fingerprint density at radius 2 is 1.92 bits per heavy atom. The van der Waals surface area contributed by atoms with E-state index in [-0.39, 0.29) is 12.5 Å². The van der Waals surface area contributed by atoms with Gasteiger partial charge in [0.1, 0.15) is 6.54 Å². The topological polar surface area (TPSA) is 60.8 Å². The van der Waals surface area contributed by atoms with E-state index in [0.717, 1.165) is 21.5 Å². The number of carbonyl (C=O) groups excluding carboxylic acids is 2. The van der Waals surface area contributed by atoms with E-state index in [1.54, 1.807) is 7.11 Å². The Labute approximate surface area is 161 Å². The third-order valence-corrected chi connectivity index (χ3v) is 4.62. The standard InChI is InChI=1S/C19H23BrN2O4/c1-13-10-17(14(2)22(13)16-7-5-6-15(20)11-16)19(24)21(8-9-25-3)12-18(23)26-4/h5-7,10-11H,8-9,12H2,1-4H3. The number of hydrogen-bond donors (Lipinski definition) is 0. The van der Waals surface area contributed by atoms with Gasteiger partial charge >= 0.3 is 5.97 Å². The molecular weight excluding hydrogens is 400 g/mol. The van der Waals surface area contributed by atoms with Crippen LogP contribution >= 0.6 is 15.9 Å². The highest BCUT2D eigenvalue weighted by Gasteiger charge is 2.23. The molecule has 2 rings (SSSR count). The molecule has 0 unspecified atom stereocenters. The molecule has 1 amide bonds. The van der Waals surface area contributed by atoms with Crippen LogP contribution in [0, 0.1) is 13.8 Å². The lowest BCUT2D eigenvalue weighted by Gasteiger charge is -2.21. The summed E-state index contributed by atoms with van der Waals surface area (Å²) in [7, 11) is 2.86. The van der Waals surface area contributed by atoms with Crippen molar-refractivity contribution in [2.75, 3.05) is 33.9 Å². The molecule has 0 saturated heterocycles. The highest BCUT2D eigenvalue weighted by molar-refractivity contribution is 9.10. The van der Waals surface area contributed by atoms with E-state index in [0.29, 0.717) is 18.7 Å². The fourth-order valence-corrected chi connectivity index (χ4v) is 3.22. The SMILES string of the molecule is COCCN(CC(=O)OC)C(=O)c1cc(C)n(-c2cccc(Br)c2)c1C. The van der Waals surface area contributed by atoms with E-state index in [1.165, 1.54) is 12.0 Å². The molecule has 0 bridgehead atoms. The molecule has 0 saturated carbocycles. The maximum atomic E-state index is 13.0. The van der Waals surface area contributed by atoms with Crippen LogP contribution in [0.5, 0.6) is 0 Å². The Balaban J connectivity index is 2.38. The third-order valence-electron chi connectivity index (χ3n) is 4.13. The van der Waals surface area contributed by atoms with Crippen molar-refractivity contribution in [3.63, 3.8) is 0 Å². The van der Waals surface area contributed by atoms with Gasteiger partial charge in [-0.25, -0.2) is 0 Å². The minimum Gasteiger partial charge on any atom is -0.468 e. The summed E-state index contributed by atoms with van der Waals surface area (Å²) in [5.74, 6) is -0.683. The average molecular weight is 423 g/mol. The zero-order chi connectivity index (χ0) is 19.3. The monoisotopic (exact) mass is 422 g/mol. The van der Waals surface area contributed by atoms with Gasteiger partial charge in [-0.05, 0) is 38.1 Å². The summed E-state index contributed by atoms with van der Waals surface area (Å²) >= 11 is 3.48. The number of esters is 1. The van der Waals surface area contributed by atoms with Crippen molar-refractivity contribution in [2.24, 2.45) is 0 Å².